The van der Waals surface area contributed by atoms with E-state index in [0.717, 1.165) is 11.3 Å². The second-order valence-electron chi connectivity index (χ2n) is 4.69. The third-order valence-electron chi connectivity index (χ3n) is 2.81. The number of anilines is 1. The molecule has 0 aliphatic carbocycles. The van der Waals surface area contributed by atoms with Crippen LogP contribution in [-0.4, -0.2) is 11.9 Å². The van der Waals surface area contributed by atoms with Crippen molar-refractivity contribution < 1.29 is 9.53 Å². The van der Waals surface area contributed by atoms with Crippen LogP contribution in [0.25, 0.3) is 0 Å². The predicted octanol–water partition coefficient (Wildman–Crippen LogP) is 3.07. The number of ether oxygens (including phenoxy) is 1. The van der Waals surface area contributed by atoms with Gasteiger partial charge in [-0.1, -0.05) is 29.8 Å². The Hall–Kier alpha value is -2.33. The van der Waals surface area contributed by atoms with Gasteiger partial charge in [0.25, 0.3) is 0 Å². The number of nitrogens with two attached hydrogens (primary N) is 1. The highest BCUT2D eigenvalue weighted by Gasteiger charge is 2.11. The summed E-state index contributed by atoms with van der Waals surface area (Å²) in [5.41, 5.74) is 7.32. The first-order valence-electron chi connectivity index (χ1n) is 6.46. The molecule has 2 aromatic carbocycles. The molecule has 2 rings (SSSR count). The summed E-state index contributed by atoms with van der Waals surface area (Å²) in [6.07, 6.45) is 0. The third-order valence-corrected chi connectivity index (χ3v) is 2.81. The van der Waals surface area contributed by atoms with Gasteiger partial charge < -0.3 is 15.8 Å². The second-order valence-corrected chi connectivity index (χ2v) is 4.69. The summed E-state index contributed by atoms with van der Waals surface area (Å²) in [4.78, 5) is 11.7. The van der Waals surface area contributed by atoms with Gasteiger partial charge in [-0.3, -0.25) is 4.79 Å². The highest BCUT2D eigenvalue weighted by molar-refractivity contribution is 5.95. The van der Waals surface area contributed by atoms with Gasteiger partial charge in [-0.2, -0.15) is 0 Å². The van der Waals surface area contributed by atoms with E-state index in [4.69, 9.17) is 10.5 Å². The van der Waals surface area contributed by atoms with Gasteiger partial charge in [-0.25, -0.2) is 0 Å². The number of hydrogen-bond donors (Lipinski definition) is 2. The largest absolute Gasteiger partial charge is 0.455 e. The average Bonchev–Trinajstić information content (AvgIpc) is 2.43. The normalized spacial score (nSPS) is 11.8. The Morgan fingerprint density at radius 2 is 1.80 bits per heavy atom. The number of amides is 1. The molecule has 0 aromatic heterocycles. The SMILES string of the molecule is Cc1ccc(Oc2ccccc2NC(=O)[C@H](C)N)cc1. The van der Waals surface area contributed by atoms with Crippen molar-refractivity contribution in [2.75, 3.05) is 5.32 Å². The second kappa shape index (κ2) is 6.21. The summed E-state index contributed by atoms with van der Waals surface area (Å²) < 4.78 is 5.79. The number of carbonyl (C=O) groups is 1. The number of rotatable bonds is 4. The van der Waals surface area contributed by atoms with E-state index in [1.54, 1.807) is 19.1 Å². The fourth-order valence-electron chi connectivity index (χ4n) is 1.64. The van der Waals surface area contributed by atoms with Gasteiger partial charge in [0.15, 0.2) is 5.75 Å². The van der Waals surface area contributed by atoms with Crippen LogP contribution in [0.2, 0.25) is 0 Å². The Morgan fingerprint density at radius 1 is 1.15 bits per heavy atom. The van der Waals surface area contributed by atoms with Crippen LogP contribution >= 0.6 is 0 Å². The lowest BCUT2D eigenvalue weighted by molar-refractivity contribution is -0.117. The van der Waals surface area contributed by atoms with Crippen LogP contribution in [-0.2, 0) is 4.79 Å². The first-order valence-corrected chi connectivity index (χ1v) is 6.46. The Labute approximate surface area is 118 Å². The van der Waals surface area contributed by atoms with Crippen LogP contribution < -0.4 is 15.8 Å². The zero-order chi connectivity index (χ0) is 14.5. The minimum Gasteiger partial charge on any atom is -0.455 e. The molecular formula is C16H18N2O2. The van der Waals surface area contributed by atoms with E-state index in [2.05, 4.69) is 5.32 Å². The van der Waals surface area contributed by atoms with Crippen LogP contribution in [0, 0.1) is 6.92 Å². The first kappa shape index (κ1) is 14.1. The zero-order valence-corrected chi connectivity index (χ0v) is 11.6. The van der Waals surface area contributed by atoms with Gasteiger partial charge in [-0.15, -0.1) is 0 Å². The molecule has 1 amide bonds. The Balaban J connectivity index is 2.19. The highest BCUT2D eigenvalue weighted by Crippen LogP contribution is 2.29. The molecule has 1 atom stereocenters. The fourth-order valence-corrected chi connectivity index (χ4v) is 1.64. The van der Waals surface area contributed by atoms with E-state index in [0.29, 0.717) is 11.4 Å². The minimum atomic E-state index is -0.567. The number of hydrogen-bond acceptors (Lipinski definition) is 3. The van der Waals surface area contributed by atoms with E-state index in [9.17, 15) is 4.79 Å². The molecule has 0 spiro atoms. The van der Waals surface area contributed by atoms with Crippen molar-refractivity contribution in [3.63, 3.8) is 0 Å². The topological polar surface area (TPSA) is 64.3 Å². The van der Waals surface area contributed by atoms with E-state index in [1.807, 2.05) is 43.3 Å². The van der Waals surface area contributed by atoms with Crippen molar-refractivity contribution in [2.45, 2.75) is 19.9 Å². The molecule has 0 saturated carbocycles. The van der Waals surface area contributed by atoms with Gasteiger partial charge >= 0.3 is 0 Å². The molecule has 3 N–H and O–H groups in total. The molecule has 0 aliphatic heterocycles. The van der Waals surface area contributed by atoms with E-state index in [-0.39, 0.29) is 5.91 Å². The van der Waals surface area contributed by atoms with Gasteiger partial charge in [0.2, 0.25) is 5.91 Å². The Bertz CT molecular complexity index is 592. The lowest BCUT2D eigenvalue weighted by atomic mass is 10.2. The van der Waals surface area contributed by atoms with Crippen molar-refractivity contribution in [3.05, 3.63) is 54.1 Å². The average molecular weight is 270 g/mol. The maximum atomic E-state index is 11.7. The summed E-state index contributed by atoms with van der Waals surface area (Å²) >= 11 is 0. The quantitative estimate of drug-likeness (QED) is 0.897. The van der Waals surface area contributed by atoms with Gasteiger partial charge in [0.1, 0.15) is 5.75 Å². The molecule has 4 nitrogen and oxygen atoms in total. The minimum absolute atomic E-state index is 0.245. The van der Waals surface area contributed by atoms with Crippen molar-refractivity contribution in [3.8, 4) is 11.5 Å². The number of carbonyl (C=O) groups excluding carboxylic acids is 1. The fraction of sp³-hybridized carbons (Fsp3) is 0.188. The Morgan fingerprint density at radius 3 is 2.45 bits per heavy atom. The summed E-state index contributed by atoms with van der Waals surface area (Å²) in [5.74, 6) is 1.06. The lowest BCUT2D eigenvalue weighted by Gasteiger charge is -2.13. The third kappa shape index (κ3) is 3.59. The molecular weight excluding hydrogens is 252 g/mol. The summed E-state index contributed by atoms with van der Waals surface area (Å²) in [6.45, 7) is 3.65. The molecule has 0 saturated heterocycles. The maximum absolute atomic E-state index is 11.7. The van der Waals surface area contributed by atoms with Gasteiger partial charge in [0.05, 0.1) is 11.7 Å². The van der Waals surface area contributed by atoms with Crippen molar-refractivity contribution in [2.24, 2.45) is 5.73 Å². The smallest absolute Gasteiger partial charge is 0.241 e. The molecule has 20 heavy (non-hydrogen) atoms. The molecule has 0 aliphatic rings. The van der Waals surface area contributed by atoms with E-state index >= 15 is 0 Å². The molecule has 0 bridgehead atoms. The maximum Gasteiger partial charge on any atom is 0.241 e. The molecule has 104 valence electrons. The summed E-state index contributed by atoms with van der Waals surface area (Å²) in [5, 5.41) is 2.75. The van der Waals surface area contributed by atoms with Crippen LogP contribution in [0.5, 0.6) is 11.5 Å². The monoisotopic (exact) mass is 270 g/mol. The Kier molecular flexibility index (Phi) is 4.38. The molecule has 0 unspecified atom stereocenters. The number of aryl methyl sites for hydroxylation is 1. The van der Waals surface area contributed by atoms with Crippen molar-refractivity contribution >= 4 is 11.6 Å². The molecule has 2 aromatic rings. The van der Waals surface area contributed by atoms with Crippen LogP contribution in [0.4, 0.5) is 5.69 Å². The zero-order valence-electron chi connectivity index (χ0n) is 11.6. The van der Waals surface area contributed by atoms with E-state index < -0.39 is 6.04 Å². The van der Waals surface area contributed by atoms with Crippen molar-refractivity contribution in [1.29, 1.82) is 0 Å². The lowest BCUT2D eigenvalue weighted by Crippen LogP contribution is -2.32. The number of benzene rings is 2. The number of para-hydroxylation sites is 2. The number of nitrogens with one attached hydrogen (secondary N) is 1. The standard InChI is InChI=1S/C16H18N2O2/c1-11-7-9-13(10-8-11)20-15-6-4-3-5-14(15)18-16(19)12(2)17/h3-10,12H,17H2,1-2H3,(H,18,19)/t12-/m0/s1. The molecule has 0 fully saturated rings. The van der Waals surface area contributed by atoms with Crippen LogP contribution in [0.1, 0.15) is 12.5 Å². The highest BCUT2D eigenvalue weighted by atomic mass is 16.5. The summed E-state index contributed by atoms with van der Waals surface area (Å²) in [6, 6.07) is 14.4. The molecule has 4 heteroatoms. The van der Waals surface area contributed by atoms with Crippen LogP contribution in [0.15, 0.2) is 48.5 Å². The summed E-state index contributed by atoms with van der Waals surface area (Å²) in [7, 11) is 0. The van der Waals surface area contributed by atoms with Gasteiger partial charge in [-0.05, 0) is 38.1 Å². The molecule has 0 radical (unpaired) electrons. The molecule has 0 heterocycles. The predicted molar refractivity (Wildman–Crippen MR) is 80.0 cm³/mol. The first-order chi connectivity index (χ1) is 9.56. The van der Waals surface area contributed by atoms with Crippen LogP contribution in [0.3, 0.4) is 0 Å². The van der Waals surface area contributed by atoms with Crippen molar-refractivity contribution in [1.82, 2.24) is 0 Å². The van der Waals surface area contributed by atoms with Gasteiger partial charge in [0, 0.05) is 0 Å². The van der Waals surface area contributed by atoms with E-state index in [1.165, 1.54) is 0 Å².